The van der Waals surface area contributed by atoms with E-state index in [0.717, 1.165) is 0 Å². The highest BCUT2D eigenvalue weighted by atomic mass is 14.5. The Kier molecular flexibility index (Phi) is 3.06. The minimum atomic E-state index is 0.604. The van der Waals surface area contributed by atoms with Gasteiger partial charge in [-0.05, 0) is 19.4 Å². The molecule has 0 unspecified atom stereocenters. The van der Waals surface area contributed by atoms with Gasteiger partial charge in [-0.2, -0.15) is 0 Å². The van der Waals surface area contributed by atoms with Gasteiger partial charge in [0.1, 0.15) is 0 Å². The van der Waals surface area contributed by atoms with Crippen LogP contribution in [-0.4, -0.2) is 6.54 Å². The number of aryl methyl sites for hydroxylation is 2. The molecule has 0 fully saturated rings. The Morgan fingerprint density at radius 2 is 1.75 bits per heavy atom. The summed E-state index contributed by atoms with van der Waals surface area (Å²) in [6, 6.07) is 6.47. The minimum absolute atomic E-state index is 0.604. The molecule has 0 saturated heterocycles. The topological polar surface area (TPSA) is 26.0 Å². The van der Waals surface area contributed by atoms with Crippen molar-refractivity contribution in [3.8, 4) is 0 Å². The van der Waals surface area contributed by atoms with Crippen LogP contribution in [0.1, 0.15) is 16.7 Å². The molecule has 0 aromatic heterocycles. The Morgan fingerprint density at radius 3 is 2.25 bits per heavy atom. The molecule has 64 valence electrons. The van der Waals surface area contributed by atoms with Gasteiger partial charge in [-0.3, -0.25) is 0 Å². The summed E-state index contributed by atoms with van der Waals surface area (Å²) in [5.41, 5.74) is 9.20. The van der Waals surface area contributed by atoms with Crippen LogP contribution in [0.15, 0.2) is 24.3 Å². The molecule has 1 aromatic rings. The summed E-state index contributed by atoms with van der Waals surface area (Å²) in [7, 11) is 0. The summed E-state index contributed by atoms with van der Waals surface area (Å²) in [6.45, 7) is 4.81. The molecule has 1 aromatic carbocycles. The average Bonchev–Trinajstić information content (AvgIpc) is 1.99. The molecule has 1 heteroatoms. The normalized spacial score (nSPS) is 10.9. The van der Waals surface area contributed by atoms with Crippen LogP contribution in [0, 0.1) is 13.8 Å². The van der Waals surface area contributed by atoms with Crippen LogP contribution in [0.3, 0.4) is 0 Å². The van der Waals surface area contributed by atoms with Gasteiger partial charge in [0, 0.05) is 6.54 Å². The summed E-state index contributed by atoms with van der Waals surface area (Å²) in [5.74, 6) is 0. The van der Waals surface area contributed by atoms with Crippen molar-refractivity contribution in [2.45, 2.75) is 13.8 Å². The predicted molar refractivity (Wildman–Crippen MR) is 54.0 cm³/mol. The third-order valence-corrected chi connectivity index (χ3v) is 1.69. The van der Waals surface area contributed by atoms with Crippen molar-refractivity contribution in [3.05, 3.63) is 41.0 Å². The smallest absolute Gasteiger partial charge is 0.0110 e. The summed E-state index contributed by atoms with van der Waals surface area (Å²) in [6.07, 6.45) is 4.02. The zero-order valence-corrected chi connectivity index (χ0v) is 7.67. The van der Waals surface area contributed by atoms with E-state index >= 15 is 0 Å². The van der Waals surface area contributed by atoms with Gasteiger partial charge in [-0.1, -0.05) is 41.5 Å². The first-order chi connectivity index (χ1) is 5.72. The van der Waals surface area contributed by atoms with Crippen LogP contribution in [0.2, 0.25) is 0 Å². The lowest BCUT2D eigenvalue weighted by atomic mass is 10.1. The number of benzene rings is 1. The predicted octanol–water partition coefficient (Wildman–Crippen LogP) is 2.28. The second-order valence-electron chi connectivity index (χ2n) is 3.06. The molecule has 0 saturated carbocycles. The highest BCUT2D eigenvalue weighted by Crippen LogP contribution is 2.09. The zero-order valence-electron chi connectivity index (χ0n) is 7.67. The largest absolute Gasteiger partial charge is 0.327 e. The van der Waals surface area contributed by atoms with Gasteiger partial charge >= 0.3 is 0 Å². The lowest BCUT2D eigenvalue weighted by Gasteiger charge is -1.99. The first-order valence-electron chi connectivity index (χ1n) is 4.17. The molecular weight excluding hydrogens is 146 g/mol. The fraction of sp³-hybridized carbons (Fsp3) is 0.273. The standard InChI is InChI=1S/C11H15N/c1-9-6-10(2)8-11(7-9)4-3-5-12/h3-4,6-8H,5,12H2,1-2H3. The molecule has 0 aliphatic rings. The number of rotatable bonds is 2. The van der Waals surface area contributed by atoms with E-state index in [9.17, 15) is 0 Å². The molecule has 0 radical (unpaired) electrons. The lowest BCUT2D eigenvalue weighted by molar-refractivity contribution is 1.26. The maximum absolute atomic E-state index is 5.37. The van der Waals surface area contributed by atoms with Crippen molar-refractivity contribution in [1.82, 2.24) is 0 Å². The molecule has 1 rings (SSSR count). The van der Waals surface area contributed by atoms with Crippen molar-refractivity contribution in [2.75, 3.05) is 6.54 Å². The Hall–Kier alpha value is -1.08. The SMILES string of the molecule is Cc1cc(C)cc(C=CCN)c1. The highest BCUT2D eigenvalue weighted by molar-refractivity contribution is 5.51. The molecular formula is C11H15N. The van der Waals surface area contributed by atoms with Crippen molar-refractivity contribution in [1.29, 1.82) is 0 Å². The fourth-order valence-electron chi connectivity index (χ4n) is 1.31. The summed E-state index contributed by atoms with van der Waals surface area (Å²) >= 11 is 0. The van der Waals surface area contributed by atoms with E-state index in [-0.39, 0.29) is 0 Å². The van der Waals surface area contributed by atoms with Gasteiger partial charge in [0.05, 0.1) is 0 Å². The van der Waals surface area contributed by atoms with Crippen LogP contribution in [0.5, 0.6) is 0 Å². The monoisotopic (exact) mass is 161 g/mol. The van der Waals surface area contributed by atoms with Gasteiger partial charge in [-0.15, -0.1) is 0 Å². The van der Waals surface area contributed by atoms with E-state index in [1.807, 2.05) is 6.08 Å². The minimum Gasteiger partial charge on any atom is -0.327 e. The Morgan fingerprint density at radius 1 is 1.17 bits per heavy atom. The highest BCUT2D eigenvalue weighted by Gasteiger charge is 1.90. The maximum Gasteiger partial charge on any atom is 0.0110 e. The van der Waals surface area contributed by atoms with Gasteiger partial charge < -0.3 is 5.73 Å². The van der Waals surface area contributed by atoms with E-state index < -0.39 is 0 Å². The van der Waals surface area contributed by atoms with Gasteiger partial charge in [0.2, 0.25) is 0 Å². The third kappa shape index (κ3) is 2.51. The molecule has 0 heterocycles. The second-order valence-corrected chi connectivity index (χ2v) is 3.06. The average molecular weight is 161 g/mol. The molecule has 0 aliphatic carbocycles. The molecule has 2 N–H and O–H groups in total. The number of nitrogens with two attached hydrogens (primary N) is 1. The van der Waals surface area contributed by atoms with Crippen molar-refractivity contribution in [2.24, 2.45) is 5.73 Å². The first-order valence-corrected chi connectivity index (χ1v) is 4.17. The Labute approximate surface area is 73.9 Å². The Balaban J connectivity index is 2.93. The molecule has 0 bridgehead atoms. The molecule has 1 nitrogen and oxygen atoms in total. The van der Waals surface area contributed by atoms with Crippen molar-refractivity contribution < 1.29 is 0 Å². The van der Waals surface area contributed by atoms with Crippen molar-refractivity contribution >= 4 is 6.08 Å². The van der Waals surface area contributed by atoms with E-state index in [4.69, 9.17) is 5.73 Å². The summed E-state index contributed by atoms with van der Waals surface area (Å²) in [5, 5.41) is 0. The van der Waals surface area contributed by atoms with Crippen LogP contribution in [-0.2, 0) is 0 Å². The fourth-order valence-corrected chi connectivity index (χ4v) is 1.31. The quantitative estimate of drug-likeness (QED) is 0.707. The lowest BCUT2D eigenvalue weighted by Crippen LogP contribution is -1.92. The summed E-state index contributed by atoms with van der Waals surface area (Å²) in [4.78, 5) is 0. The molecule has 0 atom stereocenters. The summed E-state index contributed by atoms with van der Waals surface area (Å²) < 4.78 is 0. The zero-order chi connectivity index (χ0) is 8.97. The first kappa shape index (κ1) is 9.01. The number of hydrogen-bond donors (Lipinski definition) is 1. The van der Waals surface area contributed by atoms with Gasteiger partial charge in [0.25, 0.3) is 0 Å². The number of hydrogen-bond acceptors (Lipinski definition) is 1. The molecule has 0 spiro atoms. The molecule has 0 aliphatic heterocycles. The molecule has 12 heavy (non-hydrogen) atoms. The van der Waals surface area contributed by atoms with E-state index in [2.05, 4.69) is 38.1 Å². The van der Waals surface area contributed by atoms with Crippen LogP contribution in [0.4, 0.5) is 0 Å². The molecule has 0 amide bonds. The van der Waals surface area contributed by atoms with Crippen molar-refractivity contribution in [3.63, 3.8) is 0 Å². The van der Waals surface area contributed by atoms with Crippen LogP contribution in [0.25, 0.3) is 6.08 Å². The van der Waals surface area contributed by atoms with Gasteiger partial charge in [0.15, 0.2) is 0 Å². The Bertz CT molecular complexity index is 267. The van der Waals surface area contributed by atoms with E-state index in [1.54, 1.807) is 0 Å². The van der Waals surface area contributed by atoms with E-state index in [1.165, 1.54) is 16.7 Å². The third-order valence-electron chi connectivity index (χ3n) is 1.69. The van der Waals surface area contributed by atoms with Gasteiger partial charge in [-0.25, -0.2) is 0 Å². The second kappa shape index (κ2) is 4.07. The van der Waals surface area contributed by atoms with Crippen LogP contribution >= 0.6 is 0 Å². The van der Waals surface area contributed by atoms with Crippen LogP contribution < -0.4 is 5.73 Å². The van der Waals surface area contributed by atoms with E-state index in [0.29, 0.717) is 6.54 Å². The maximum atomic E-state index is 5.37.